The number of nitrogens with one attached hydrogen (secondary N) is 1. The van der Waals surface area contributed by atoms with Gasteiger partial charge >= 0.3 is 0 Å². The number of hydrogen-bond acceptors (Lipinski definition) is 3. The summed E-state index contributed by atoms with van der Waals surface area (Å²) in [6.07, 6.45) is 5.13. The molecule has 5 heteroatoms. The van der Waals surface area contributed by atoms with Crippen LogP contribution in [0.5, 0.6) is 0 Å². The van der Waals surface area contributed by atoms with Crippen LogP contribution in [0.25, 0.3) is 0 Å². The Labute approximate surface area is 120 Å². The summed E-state index contributed by atoms with van der Waals surface area (Å²) in [5.41, 5.74) is 0. The van der Waals surface area contributed by atoms with Crippen LogP contribution in [0.1, 0.15) is 45.4 Å². The minimum Gasteiger partial charge on any atom is -0.393 e. The van der Waals surface area contributed by atoms with Crippen molar-refractivity contribution in [1.82, 2.24) is 10.2 Å². The van der Waals surface area contributed by atoms with E-state index in [9.17, 15) is 14.7 Å². The number of amides is 2. The molecule has 0 radical (unpaired) electrons. The topological polar surface area (TPSA) is 69.6 Å². The van der Waals surface area contributed by atoms with E-state index in [0.29, 0.717) is 19.0 Å². The third-order valence-corrected chi connectivity index (χ3v) is 4.69. The van der Waals surface area contributed by atoms with E-state index < -0.39 is 0 Å². The molecule has 0 aromatic carbocycles. The largest absolute Gasteiger partial charge is 0.393 e. The summed E-state index contributed by atoms with van der Waals surface area (Å²) in [5.74, 6) is 0.809. The Morgan fingerprint density at radius 2 is 1.70 bits per heavy atom. The first-order chi connectivity index (χ1) is 9.56. The lowest BCUT2D eigenvalue weighted by molar-refractivity contribution is -0.134. The monoisotopic (exact) mass is 282 g/mol. The van der Waals surface area contributed by atoms with Crippen LogP contribution in [0.3, 0.4) is 0 Å². The maximum Gasteiger partial charge on any atom is 0.223 e. The summed E-state index contributed by atoms with van der Waals surface area (Å²) in [4.78, 5) is 25.2. The van der Waals surface area contributed by atoms with Gasteiger partial charge in [0.15, 0.2) is 0 Å². The summed E-state index contributed by atoms with van der Waals surface area (Å²) < 4.78 is 0. The zero-order valence-corrected chi connectivity index (χ0v) is 12.3. The van der Waals surface area contributed by atoms with E-state index in [4.69, 9.17) is 0 Å². The van der Waals surface area contributed by atoms with E-state index in [2.05, 4.69) is 5.32 Å². The number of hydrogen-bond donors (Lipinski definition) is 2. The van der Waals surface area contributed by atoms with Gasteiger partial charge in [-0.2, -0.15) is 0 Å². The minimum absolute atomic E-state index is 0.0554. The second kappa shape index (κ2) is 7.07. The molecule has 1 aliphatic carbocycles. The van der Waals surface area contributed by atoms with Crippen molar-refractivity contribution >= 4 is 11.8 Å². The Bertz CT molecular complexity index is 343. The predicted molar refractivity (Wildman–Crippen MR) is 76.0 cm³/mol. The molecule has 20 heavy (non-hydrogen) atoms. The molecule has 0 aromatic rings. The third-order valence-electron chi connectivity index (χ3n) is 4.69. The highest BCUT2D eigenvalue weighted by molar-refractivity contribution is 5.79. The Morgan fingerprint density at radius 3 is 2.25 bits per heavy atom. The molecule has 2 aliphatic rings. The minimum atomic E-state index is -0.141. The number of carbonyl (C=O) groups excluding carboxylic acids is 2. The van der Waals surface area contributed by atoms with Gasteiger partial charge in [0.05, 0.1) is 6.10 Å². The number of aliphatic hydroxyl groups is 1. The summed E-state index contributed by atoms with van der Waals surface area (Å²) in [7, 11) is 0. The summed E-state index contributed by atoms with van der Waals surface area (Å²) in [6, 6.07) is 0. The van der Waals surface area contributed by atoms with Gasteiger partial charge in [-0.3, -0.25) is 9.59 Å². The first-order valence-corrected chi connectivity index (χ1v) is 7.77. The number of carbonyl (C=O) groups is 2. The van der Waals surface area contributed by atoms with Crippen LogP contribution in [0.15, 0.2) is 0 Å². The normalized spacial score (nSPS) is 28.2. The molecule has 2 amide bonds. The lowest BCUT2D eigenvalue weighted by Crippen LogP contribution is -2.43. The first-order valence-electron chi connectivity index (χ1n) is 7.77. The van der Waals surface area contributed by atoms with Gasteiger partial charge in [-0.25, -0.2) is 0 Å². The molecule has 5 nitrogen and oxygen atoms in total. The van der Waals surface area contributed by atoms with Crippen molar-refractivity contribution in [2.75, 3.05) is 19.6 Å². The molecule has 2 N–H and O–H groups in total. The van der Waals surface area contributed by atoms with Gasteiger partial charge in [0.25, 0.3) is 0 Å². The zero-order valence-electron chi connectivity index (χ0n) is 12.3. The van der Waals surface area contributed by atoms with Gasteiger partial charge < -0.3 is 15.3 Å². The van der Waals surface area contributed by atoms with Crippen LogP contribution in [-0.2, 0) is 9.59 Å². The predicted octanol–water partition coefficient (Wildman–Crippen LogP) is 0.912. The smallest absolute Gasteiger partial charge is 0.223 e. The molecule has 2 fully saturated rings. The summed E-state index contributed by atoms with van der Waals surface area (Å²) in [5, 5.41) is 12.5. The van der Waals surface area contributed by atoms with E-state index in [-0.39, 0.29) is 23.8 Å². The Morgan fingerprint density at radius 1 is 1.10 bits per heavy atom. The molecule has 0 bridgehead atoms. The SMILES string of the molecule is CC(=O)N1CCC(C(=O)NCC2CCC(O)CC2)CC1. The Kier molecular flexibility index (Phi) is 5.40. The second-order valence-corrected chi connectivity index (χ2v) is 6.20. The molecule has 114 valence electrons. The van der Waals surface area contributed by atoms with Crippen LogP contribution in [0.2, 0.25) is 0 Å². The number of piperidine rings is 1. The highest BCUT2D eigenvalue weighted by Crippen LogP contribution is 2.24. The van der Waals surface area contributed by atoms with Crippen molar-refractivity contribution in [2.24, 2.45) is 11.8 Å². The second-order valence-electron chi connectivity index (χ2n) is 6.20. The average Bonchev–Trinajstić information content (AvgIpc) is 2.46. The molecule has 0 aromatic heterocycles. The molecule has 1 saturated heterocycles. The molecule has 0 unspecified atom stereocenters. The summed E-state index contributed by atoms with van der Waals surface area (Å²) >= 11 is 0. The van der Waals surface area contributed by atoms with Crippen molar-refractivity contribution < 1.29 is 14.7 Å². The maximum absolute atomic E-state index is 12.1. The van der Waals surface area contributed by atoms with Gasteiger partial charge in [-0.1, -0.05) is 0 Å². The fraction of sp³-hybridized carbons (Fsp3) is 0.867. The maximum atomic E-state index is 12.1. The fourth-order valence-corrected chi connectivity index (χ4v) is 3.19. The van der Waals surface area contributed by atoms with Gasteiger partial charge in [0, 0.05) is 32.5 Å². The lowest BCUT2D eigenvalue weighted by Gasteiger charge is -2.31. The van der Waals surface area contributed by atoms with E-state index in [1.54, 1.807) is 6.92 Å². The Balaban J connectivity index is 1.67. The van der Waals surface area contributed by atoms with Gasteiger partial charge in [0.1, 0.15) is 0 Å². The van der Waals surface area contributed by atoms with Crippen LogP contribution in [0, 0.1) is 11.8 Å². The van der Waals surface area contributed by atoms with Gasteiger partial charge in [-0.05, 0) is 44.4 Å². The number of nitrogens with zero attached hydrogens (tertiary/aromatic N) is 1. The van der Waals surface area contributed by atoms with E-state index in [1.807, 2.05) is 4.90 Å². The van der Waals surface area contributed by atoms with Crippen molar-refractivity contribution in [1.29, 1.82) is 0 Å². The van der Waals surface area contributed by atoms with E-state index in [0.717, 1.165) is 45.1 Å². The standard InChI is InChI=1S/C15H26N2O3/c1-11(18)17-8-6-13(7-9-17)15(20)16-10-12-2-4-14(19)5-3-12/h12-14,19H,2-10H2,1H3,(H,16,20). The van der Waals surface area contributed by atoms with Crippen LogP contribution < -0.4 is 5.32 Å². The summed E-state index contributed by atoms with van der Waals surface area (Å²) in [6.45, 7) is 3.71. The van der Waals surface area contributed by atoms with Crippen molar-refractivity contribution in [2.45, 2.75) is 51.6 Å². The molecule has 0 atom stereocenters. The van der Waals surface area contributed by atoms with E-state index >= 15 is 0 Å². The van der Waals surface area contributed by atoms with Crippen molar-refractivity contribution in [3.63, 3.8) is 0 Å². The number of aliphatic hydroxyl groups excluding tert-OH is 1. The van der Waals surface area contributed by atoms with Crippen LogP contribution >= 0.6 is 0 Å². The van der Waals surface area contributed by atoms with Crippen molar-refractivity contribution in [3.05, 3.63) is 0 Å². The molecule has 1 aliphatic heterocycles. The first kappa shape index (κ1) is 15.3. The fourth-order valence-electron chi connectivity index (χ4n) is 3.19. The van der Waals surface area contributed by atoms with Crippen LogP contribution in [0.4, 0.5) is 0 Å². The van der Waals surface area contributed by atoms with E-state index in [1.165, 1.54) is 0 Å². The molecular formula is C15H26N2O3. The molecule has 1 heterocycles. The van der Waals surface area contributed by atoms with Gasteiger partial charge in [-0.15, -0.1) is 0 Å². The zero-order chi connectivity index (χ0) is 14.5. The third kappa shape index (κ3) is 4.20. The molecule has 2 rings (SSSR count). The highest BCUT2D eigenvalue weighted by Gasteiger charge is 2.27. The number of rotatable bonds is 3. The number of likely N-dealkylation sites (tertiary alicyclic amines) is 1. The van der Waals surface area contributed by atoms with Crippen LogP contribution in [-0.4, -0.2) is 47.6 Å². The molecular weight excluding hydrogens is 256 g/mol. The van der Waals surface area contributed by atoms with Crippen molar-refractivity contribution in [3.8, 4) is 0 Å². The quantitative estimate of drug-likeness (QED) is 0.808. The molecule has 1 saturated carbocycles. The molecule has 0 spiro atoms. The average molecular weight is 282 g/mol. The van der Waals surface area contributed by atoms with Gasteiger partial charge in [0.2, 0.25) is 11.8 Å². The highest BCUT2D eigenvalue weighted by atomic mass is 16.3. The Hall–Kier alpha value is -1.10. The lowest BCUT2D eigenvalue weighted by atomic mass is 9.87.